The van der Waals surface area contributed by atoms with E-state index in [0.717, 1.165) is 24.3 Å². The lowest BCUT2D eigenvalue weighted by Crippen LogP contribution is -2.15. The largest absolute Gasteiger partial charge is 0.416 e. The van der Waals surface area contributed by atoms with E-state index in [1.807, 2.05) is 4.72 Å². The molecule has 0 aliphatic carbocycles. The van der Waals surface area contributed by atoms with Gasteiger partial charge in [0.25, 0.3) is 15.7 Å². The Bertz CT molecular complexity index is 880. The molecule has 24 heavy (non-hydrogen) atoms. The summed E-state index contributed by atoms with van der Waals surface area (Å²) in [5, 5.41) is 10.9. The van der Waals surface area contributed by atoms with Gasteiger partial charge in [-0.05, 0) is 36.4 Å². The quantitative estimate of drug-likeness (QED) is 0.510. The average molecular weight is 364 g/mol. The first kappa shape index (κ1) is 17.7. The molecule has 0 spiro atoms. The second-order valence-electron chi connectivity index (χ2n) is 4.55. The maximum atomic E-state index is 12.8. The fourth-order valence-electron chi connectivity index (χ4n) is 1.76. The van der Waals surface area contributed by atoms with Crippen LogP contribution in [0.5, 0.6) is 0 Å². The Morgan fingerprint density at radius 1 is 1.04 bits per heavy atom. The van der Waals surface area contributed by atoms with Gasteiger partial charge in [-0.25, -0.2) is 12.8 Å². The molecule has 0 atom stereocenters. The topological polar surface area (TPSA) is 89.3 Å². The van der Waals surface area contributed by atoms with Crippen molar-refractivity contribution in [2.75, 3.05) is 4.72 Å². The van der Waals surface area contributed by atoms with Gasteiger partial charge < -0.3 is 0 Å². The van der Waals surface area contributed by atoms with Crippen LogP contribution >= 0.6 is 0 Å². The normalized spacial score (nSPS) is 12.0. The lowest BCUT2D eigenvalue weighted by Gasteiger charge is -2.11. The van der Waals surface area contributed by atoms with Crippen LogP contribution in [0.3, 0.4) is 0 Å². The second-order valence-corrected chi connectivity index (χ2v) is 6.23. The van der Waals surface area contributed by atoms with Gasteiger partial charge in [0.05, 0.1) is 15.4 Å². The van der Waals surface area contributed by atoms with Crippen LogP contribution in [0.2, 0.25) is 0 Å². The third-order valence-corrected chi connectivity index (χ3v) is 4.27. The van der Waals surface area contributed by atoms with Crippen molar-refractivity contribution in [1.29, 1.82) is 0 Å². The van der Waals surface area contributed by atoms with Gasteiger partial charge >= 0.3 is 6.18 Å². The molecule has 1 N–H and O–H groups in total. The molecule has 11 heteroatoms. The maximum absolute atomic E-state index is 12.8. The molecule has 2 rings (SSSR count). The number of nitro benzene ring substituents is 1. The molecule has 2 aromatic rings. The first-order valence-corrected chi connectivity index (χ1v) is 7.63. The van der Waals surface area contributed by atoms with E-state index in [1.165, 1.54) is 0 Å². The molecule has 0 amide bonds. The summed E-state index contributed by atoms with van der Waals surface area (Å²) >= 11 is 0. The van der Waals surface area contributed by atoms with Crippen molar-refractivity contribution in [1.82, 2.24) is 0 Å². The van der Waals surface area contributed by atoms with Crippen LogP contribution in [-0.2, 0) is 16.2 Å². The number of nitrogens with zero attached hydrogens (tertiary/aromatic N) is 1. The summed E-state index contributed by atoms with van der Waals surface area (Å²) in [6.07, 6.45) is -4.82. The number of nitrogens with one attached hydrogen (secondary N) is 1. The van der Waals surface area contributed by atoms with Gasteiger partial charge in [-0.3, -0.25) is 14.8 Å². The molecule has 0 radical (unpaired) electrons. The van der Waals surface area contributed by atoms with Crippen LogP contribution in [0.25, 0.3) is 0 Å². The Kier molecular flexibility index (Phi) is 4.47. The molecule has 2 aromatic carbocycles. The van der Waals surface area contributed by atoms with Crippen LogP contribution in [0.4, 0.5) is 28.9 Å². The van der Waals surface area contributed by atoms with Crippen LogP contribution < -0.4 is 4.72 Å². The average Bonchev–Trinajstić information content (AvgIpc) is 2.46. The first-order chi connectivity index (χ1) is 11.0. The summed E-state index contributed by atoms with van der Waals surface area (Å²) in [6.45, 7) is 0. The molecule has 0 bridgehead atoms. The van der Waals surface area contributed by atoms with Gasteiger partial charge in [0, 0.05) is 6.07 Å². The van der Waals surface area contributed by atoms with Crippen molar-refractivity contribution >= 4 is 21.4 Å². The Labute approximate surface area is 132 Å². The fourth-order valence-corrected chi connectivity index (χ4v) is 2.84. The minimum absolute atomic E-state index is 0.225. The van der Waals surface area contributed by atoms with Gasteiger partial charge in [0.2, 0.25) is 0 Å². The standard InChI is InChI=1S/C13H8F4N2O4S/c14-9-2-4-10(5-3-9)24(22,23)18-11-6-1-8(13(15,16)17)7-12(11)19(20)21/h1-7,18H. The number of nitro groups is 1. The summed E-state index contributed by atoms with van der Waals surface area (Å²) in [5.41, 5.74) is -2.99. The predicted octanol–water partition coefficient (Wildman–Crippen LogP) is 3.55. The summed E-state index contributed by atoms with van der Waals surface area (Å²) < 4.78 is 76.6. The SMILES string of the molecule is O=[N+]([O-])c1cc(C(F)(F)F)ccc1NS(=O)(=O)c1ccc(F)cc1. The number of alkyl halides is 3. The number of halogens is 4. The molecule has 128 valence electrons. The van der Waals surface area contributed by atoms with Gasteiger partial charge in [0.15, 0.2) is 0 Å². The number of anilines is 1. The van der Waals surface area contributed by atoms with E-state index in [1.54, 1.807) is 0 Å². The number of hydrogen-bond donors (Lipinski definition) is 1. The van der Waals surface area contributed by atoms with Crippen molar-refractivity contribution in [2.45, 2.75) is 11.1 Å². The zero-order valence-electron chi connectivity index (χ0n) is 11.5. The highest BCUT2D eigenvalue weighted by molar-refractivity contribution is 7.92. The van der Waals surface area contributed by atoms with E-state index in [2.05, 4.69) is 0 Å². The highest BCUT2D eigenvalue weighted by atomic mass is 32.2. The minimum Gasteiger partial charge on any atom is -0.273 e. The lowest BCUT2D eigenvalue weighted by atomic mass is 10.1. The molecule has 6 nitrogen and oxygen atoms in total. The molecule has 0 saturated heterocycles. The Morgan fingerprint density at radius 2 is 1.62 bits per heavy atom. The highest BCUT2D eigenvalue weighted by Gasteiger charge is 2.33. The first-order valence-electron chi connectivity index (χ1n) is 6.15. The van der Waals surface area contributed by atoms with E-state index in [9.17, 15) is 36.1 Å². The lowest BCUT2D eigenvalue weighted by molar-refractivity contribution is -0.384. The number of benzene rings is 2. The van der Waals surface area contributed by atoms with Crippen molar-refractivity contribution in [3.8, 4) is 0 Å². The smallest absolute Gasteiger partial charge is 0.273 e. The molecule has 0 aromatic heterocycles. The number of rotatable bonds is 4. The van der Waals surface area contributed by atoms with Crippen molar-refractivity contribution in [2.24, 2.45) is 0 Å². The van der Waals surface area contributed by atoms with Crippen LogP contribution in [0.1, 0.15) is 5.56 Å². The minimum atomic E-state index is -4.82. The van der Waals surface area contributed by atoms with E-state index in [0.29, 0.717) is 12.1 Å². The molecule has 0 heterocycles. The van der Waals surface area contributed by atoms with Gasteiger partial charge in [-0.15, -0.1) is 0 Å². The molecule has 0 unspecified atom stereocenters. The van der Waals surface area contributed by atoms with Gasteiger partial charge in [0.1, 0.15) is 11.5 Å². The molecular formula is C13H8F4N2O4S. The molecule has 0 aliphatic rings. The van der Waals surface area contributed by atoms with E-state index in [-0.39, 0.29) is 6.07 Å². The van der Waals surface area contributed by atoms with Crippen LogP contribution in [0.15, 0.2) is 47.4 Å². The summed E-state index contributed by atoms with van der Waals surface area (Å²) in [7, 11) is -4.34. The fraction of sp³-hybridized carbons (Fsp3) is 0.0769. The molecule has 0 saturated carbocycles. The zero-order valence-corrected chi connectivity index (χ0v) is 12.4. The maximum Gasteiger partial charge on any atom is 0.416 e. The predicted molar refractivity (Wildman–Crippen MR) is 75.3 cm³/mol. The molecular weight excluding hydrogens is 356 g/mol. The molecule has 0 aliphatic heterocycles. The molecule has 0 fully saturated rings. The number of hydrogen-bond acceptors (Lipinski definition) is 4. The van der Waals surface area contributed by atoms with E-state index >= 15 is 0 Å². The zero-order chi connectivity index (χ0) is 18.1. The second kappa shape index (κ2) is 6.07. The number of sulfonamides is 1. The Morgan fingerprint density at radius 3 is 2.12 bits per heavy atom. The van der Waals surface area contributed by atoms with E-state index in [4.69, 9.17) is 0 Å². The van der Waals surface area contributed by atoms with E-state index < -0.39 is 48.8 Å². The van der Waals surface area contributed by atoms with Gasteiger partial charge in [-0.1, -0.05) is 0 Å². The van der Waals surface area contributed by atoms with Crippen molar-refractivity contribution < 1.29 is 30.9 Å². The summed E-state index contributed by atoms with van der Waals surface area (Å²) in [5.74, 6) is -0.700. The van der Waals surface area contributed by atoms with Crippen LogP contribution in [-0.4, -0.2) is 13.3 Å². The monoisotopic (exact) mass is 364 g/mol. The van der Waals surface area contributed by atoms with Crippen molar-refractivity contribution in [3.63, 3.8) is 0 Å². The summed E-state index contributed by atoms with van der Waals surface area (Å²) in [6, 6.07) is 4.91. The summed E-state index contributed by atoms with van der Waals surface area (Å²) in [4.78, 5) is 9.38. The van der Waals surface area contributed by atoms with Crippen LogP contribution in [0, 0.1) is 15.9 Å². The Hall–Kier alpha value is -2.69. The highest BCUT2D eigenvalue weighted by Crippen LogP contribution is 2.35. The third-order valence-electron chi connectivity index (χ3n) is 2.89. The third kappa shape index (κ3) is 3.79. The van der Waals surface area contributed by atoms with Gasteiger partial charge in [-0.2, -0.15) is 13.2 Å². The Balaban J connectivity index is 2.45. The van der Waals surface area contributed by atoms with Crippen molar-refractivity contribution in [3.05, 3.63) is 64.0 Å².